The molecule has 2 aliphatic rings. The summed E-state index contributed by atoms with van der Waals surface area (Å²) in [5.41, 5.74) is 0.933. The van der Waals surface area contributed by atoms with E-state index in [0.717, 1.165) is 31.8 Å². The van der Waals surface area contributed by atoms with E-state index in [0.29, 0.717) is 22.8 Å². The SMILES string of the molecule is COC(=O)C1(OC)ON=C(c2ccc(OC)c(OC3CCCC3)c2)C1C=C=O. The number of rotatable bonds is 7. The molecule has 0 amide bonds. The molecule has 1 aromatic carbocycles. The van der Waals surface area contributed by atoms with Crippen LogP contribution < -0.4 is 9.47 Å². The third-order valence-electron chi connectivity index (χ3n) is 5.05. The fourth-order valence-corrected chi connectivity index (χ4v) is 3.57. The fraction of sp³-hybridized carbons (Fsp3) is 0.500. The number of hydrogen-bond donors (Lipinski definition) is 0. The summed E-state index contributed by atoms with van der Waals surface area (Å²) in [6.07, 6.45) is 5.51. The smallest absolute Gasteiger partial charge is 0.382 e. The molecule has 1 heterocycles. The van der Waals surface area contributed by atoms with Crippen molar-refractivity contribution < 1.29 is 33.4 Å². The van der Waals surface area contributed by atoms with Gasteiger partial charge in [-0.2, -0.15) is 0 Å². The minimum atomic E-state index is -1.88. The van der Waals surface area contributed by atoms with E-state index in [9.17, 15) is 9.59 Å². The van der Waals surface area contributed by atoms with Gasteiger partial charge in [-0.1, -0.05) is 5.16 Å². The van der Waals surface area contributed by atoms with E-state index in [1.807, 2.05) is 0 Å². The quantitative estimate of drug-likeness (QED) is 0.522. The van der Waals surface area contributed by atoms with Gasteiger partial charge in [0.05, 0.1) is 20.3 Å². The van der Waals surface area contributed by atoms with E-state index >= 15 is 0 Å². The van der Waals surface area contributed by atoms with Crippen LogP contribution in [0.15, 0.2) is 29.4 Å². The number of hydrogen-bond acceptors (Lipinski definition) is 8. The second-order valence-corrected chi connectivity index (χ2v) is 6.58. The van der Waals surface area contributed by atoms with E-state index in [1.54, 1.807) is 31.3 Å². The molecule has 1 aliphatic heterocycles. The van der Waals surface area contributed by atoms with Gasteiger partial charge < -0.3 is 23.8 Å². The Morgan fingerprint density at radius 3 is 2.61 bits per heavy atom. The first kappa shape index (κ1) is 19.9. The summed E-state index contributed by atoms with van der Waals surface area (Å²) in [5, 5.41) is 4.01. The van der Waals surface area contributed by atoms with Gasteiger partial charge in [-0.3, -0.25) is 0 Å². The molecule has 2 atom stereocenters. The first-order valence-electron chi connectivity index (χ1n) is 9.05. The molecule has 2 unspecified atom stereocenters. The van der Waals surface area contributed by atoms with Gasteiger partial charge in [-0.15, -0.1) is 0 Å². The number of nitrogens with zero attached hydrogens (tertiary/aromatic N) is 1. The van der Waals surface area contributed by atoms with E-state index in [-0.39, 0.29) is 6.10 Å². The molecule has 0 aromatic heterocycles. The number of esters is 1. The summed E-state index contributed by atoms with van der Waals surface area (Å²) in [5.74, 6) is -0.774. The predicted molar refractivity (Wildman–Crippen MR) is 99.0 cm³/mol. The van der Waals surface area contributed by atoms with Gasteiger partial charge in [0.2, 0.25) is 0 Å². The maximum absolute atomic E-state index is 12.3. The van der Waals surface area contributed by atoms with Crippen molar-refractivity contribution in [3.05, 3.63) is 29.8 Å². The maximum atomic E-state index is 12.3. The molecule has 8 nitrogen and oxygen atoms in total. The van der Waals surface area contributed by atoms with Crippen molar-refractivity contribution in [3.8, 4) is 11.5 Å². The van der Waals surface area contributed by atoms with Crippen LogP contribution in [0.5, 0.6) is 11.5 Å². The van der Waals surface area contributed by atoms with Crippen LogP contribution in [-0.4, -0.2) is 50.8 Å². The van der Waals surface area contributed by atoms with Crippen LogP contribution in [0.25, 0.3) is 0 Å². The Bertz CT molecular complexity index is 809. The molecule has 150 valence electrons. The molecular formula is C20H23NO7. The van der Waals surface area contributed by atoms with Crippen molar-refractivity contribution in [2.45, 2.75) is 37.6 Å². The van der Waals surface area contributed by atoms with Crippen molar-refractivity contribution >= 4 is 17.6 Å². The summed E-state index contributed by atoms with van der Waals surface area (Å²) >= 11 is 0. The summed E-state index contributed by atoms with van der Waals surface area (Å²) in [7, 11) is 4.05. The molecule has 0 spiro atoms. The number of benzene rings is 1. The normalized spacial score (nSPS) is 24.1. The highest BCUT2D eigenvalue weighted by Gasteiger charge is 2.57. The number of ether oxygens (including phenoxy) is 4. The summed E-state index contributed by atoms with van der Waals surface area (Å²) in [4.78, 5) is 28.7. The molecule has 0 N–H and O–H groups in total. The topological polar surface area (TPSA) is 92.7 Å². The lowest BCUT2D eigenvalue weighted by atomic mass is 9.89. The fourth-order valence-electron chi connectivity index (χ4n) is 3.57. The van der Waals surface area contributed by atoms with Crippen LogP contribution in [0.4, 0.5) is 0 Å². The zero-order valence-electron chi connectivity index (χ0n) is 16.1. The van der Waals surface area contributed by atoms with Gasteiger partial charge in [-0.05, 0) is 43.9 Å². The van der Waals surface area contributed by atoms with Crippen LogP contribution in [0.3, 0.4) is 0 Å². The molecular weight excluding hydrogens is 366 g/mol. The maximum Gasteiger partial charge on any atom is 0.382 e. The van der Waals surface area contributed by atoms with Gasteiger partial charge in [0.25, 0.3) is 0 Å². The molecule has 1 aromatic rings. The van der Waals surface area contributed by atoms with Crippen LogP contribution >= 0.6 is 0 Å². The second kappa shape index (κ2) is 8.46. The van der Waals surface area contributed by atoms with Gasteiger partial charge in [0.1, 0.15) is 17.6 Å². The third-order valence-corrected chi connectivity index (χ3v) is 5.05. The monoisotopic (exact) mass is 389 g/mol. The van der Waals surface area contributed by atoms with E-state index < -0.39 is 17.7 Å². The van der Waals surface area contributed by atoms with E-state index in [2.05, 4.69) is 5.16 Å². The largest absolute Gasteiger partial charge is 0.493 e. The number of methoxy groups -OCH3 is 3. The highest BCUT2D eigenvalue weighted by molar-refractivity contribution is 6.08. The molecule has 28 heavy (non-hydrogen) atoms. The van der Waals surface area contributed by atoms with Crippen molar-refractivity contribution in [3.63, 3.8) is 0 Å². The molecule has 3 rings (SSSR count). The zero-order valence-corrected chi connectivity index (χ0v) is 16.1. The summed E-state index contributed by atoms with van der Waals surface area (Å²) < 4.78 is 21.6. The van der Waals surface area contributed by atoms with Gasteiger partial charge in [0, 0.05) is 18.7 Å². The lowest BCUT2D eigenvalue weighted by molar-refractivity contribution is -0.235. The van der Waals surface area contributed by atoms with Gasteiger partial charge >= 0.3 is 11.8 Å². The average molecular weight is 389 g/mol. The number of carbonyl (C=O) groups is 1. The van der Waals surface area contributed by atoms with Crippen LogP contribution in [-0.2, 0) is 23.9 Å². The Morgan fingerprint density at radius 1 is 1.25 bits per heavy atom. The molecule has 1 saturated carbocycles. The zero-order chi connectivity index (χ0) is 20.1. The first-order chi connectivity index (χ1) is 13.6. The first-order valence-corrected chi connectivity index (χ1v) is 9.05. The second-order valence-electron chi connectivity index (χ2n) is 6.58. The van der Waals surface area contributed by atoms with Crippen molar-refractivity contribution in [1.82, 2.24) is 0 Å². The molecule has 8 heteroatoms. The Kier molecular flexibility index (Phi) is 6.02. The van der Waals surface area contributed by atoms with Gasteiger partial charge in [-0.25, -0.2) is 9.59 Å². The van der Waals surface area contributed by atoms with Crippen molar-refractivity contribution in [2.24, 2.45) is 11.1 Å². The standard InChI is InChI=1S/C20H23NO7/c1-24-16-9-8-13(12-17(16)27-14-6-4-5-7-14)18-15(10-11-22)20(26-3,28-21-18)19(23)25-2/h8-10,12,14-15H,4-7H2,1-3H3. The molecule has 1 fully saturated rings. The minimum Gasteiger partial charge on any atom is -0.493 e. The van der Waals surface area contributed by atoms with Crippen LogP contribution in [0, 0.1) is 5.92 Å². The van der Waals surface area contributed by atoms with Gasteiger partial charge in [0.15, 0.2) is 11.5 Å². The average Bonchev–Trinajstić information content (AvgIpc) is 3.36. The Labute approximate surface area is 163 Å². The summed E-state index contributed by atoms with van der Waals surface area (Å²) in [6.45, 7) is 0. The Morgan fingerprint density at radius 2 is 2.00 bits per heavy atom. The highest BCUT2D eigenvalue weighted by atomic mass is 16.8. The summed E-state index contributed by atoms with van der Waals surface area (Å²) in [6, 6.07) is 5.25. The Balaban J connectivity index is 1.97. The minimum absolute atomic E-state index is 0.129. The molecule has 1 aliphatic carbocycles. The third kappa shape index (κ3) is 3.48. The van der Waals surface area contributed by atoms with Crippen molar-refractivity contribution in [2.75, 3.05) is 21.3 Å². The van der Waals surface area contributed by atoms with E-state index in [1.165, 1.54) is 14.2 Å². The highest BCUT2D eigenvalue weighted by Crippen LogP contribution is 2.38. The lowest BCUT2D eigenvalue weighted by Crippen LogP contribution is -2.48. The van der Waals surface area contributed by atoms with Crippen molar-refractivity contribution in [1.29, 1.82) is 0 Å². The predicted octanol–water partition coefficient (Wildman–Crippen LogP) is 2.27. The molecule has 0 saturated heterocycles. The number of carbonyl (C=O) groups excluding carboxylic acids is 2. The van der Waals surface area contributed by atoms with Crippen LogP contribution in [0.1, 0.15) is 31.2 Å². The number of oxime groups is 1. The van der Waals surface area contributed by atoms with E-state index in [4.69, 9.17) is 23.8 Å². The molecule has 0 radical (unpaired) electrons. The molecule has 0 bridgehead atoms. The Hall–Kier alpha value is -2.83. The van der Waals surface area contributed by atoms with Crippen LogP contribution in [0.2, 0.25) is 0 Å². The lowest BCUT2D eigenvalue weighted by Gasteiger charge is -2.26.